The zero-order valence-electron chi connectivity index (χ0n) is 11.2. The van der Waals surface area contributed by atoms with Gasteiger partial charge in [-0.3, -0.25) is 0 Å². The van der Waals surface area contributed by atoms with E-state index in [2.05, 4.69) is 18.1 Å². The maximum absolute atomic E-state index is 12.1. The highest BCUT2D eigenvalue weighted by Crippen LogP contribution is 2.28. The molecule has 2 amide bonds. The maximum Gasteiger partial charge on any atom is 0.371 e. The van der Waals surface area contributed by atoms with E-state index in [1.54, 1.807) is 18.2 Å². The molecule has 0 saturated heterocycles. The molecule has 9 heteroatoms. The lowest BCUT2D eigenvalue weighted by Gasteiger charge is -2.14. The largest absolute Gasteiger partial charge is 0.475 e. The molecule has 1 aromatic heterocycles. The molecule has 0 unspecified atom stereocenters. The van der Waals surface area contributed by atoms with Crippen LogP contribution in [0, 0.1) is 0 Å². The summed E-state index contributed by atoms with van der Waals surface area (Å²) in [6.45, 7) is 0. The summed E-state index contributed by atoms with van der Waals surface area (Å²) in [6.07, 6.45) is 3.02. The highest BCUT2D eigenvalue weighted by molar-refractivity contribution is 7.98. The predicted molar refractivity (Wildman–Crippen MR) is 89.4 cm³/mol. The zero-order valence-corrected chi connectivity index (χ0v) is 13.7. The first-order valence-corrected chi connectivity index (χ1v) is 7.88. The summed E-state index contributed by atoms with van der Waals surface area (Å²) < 4.78 is 5.74. The van der Waals surface area contributed by atoms with Crippen molar-refractivity contribution in [1.29, 1.82) is 0 Å². The second-order valence-electron chi connectivity index (χ2n) is 4.07. The van der Waals surface area contributed by atoms with Crippen LogP contribution in [0.3, 0.4) is 0 Å². The minimum absolute atomic E-state index is 0.199. The number of thiol groups is 1. The van der Waals surface area contributed by atoms with Crippen LogP contribution < -0.4 is 9.62 Å². The fraction of sp³-hybridized carbons (Fsp3) is 0.0769. The van der Waals surface area contributed by atoms with Gasteiger partial charge in [0, 0.05) is 16.6 Å². The van der Waals surface area contributed by atoms with Crippen LogP contribution in [0.2, 0.25) is 5.02 Å². The normalized spacial score (nSPS) is 10.3. The van der Waals surface area contributed by atoms with E-state index >= 15 is 0 Å². The van der Waals surface area contributed by atoms with Gasteiger partial charge in [-0.15, -0.1) is 11.8 Å². The van der Waals surface area contributed by atoms with Crippen LogP contribution in [0.15, 0.2) is 39.8 Å². The molecule has 0 bridgehead atoms. The molecule has 22 heavy (non-hydrogen) atoms. The Bertz CT molecular complexity index is 720. The number of aromatic carboxylic acids is 1. The van der Waals surface area contributed by atoms with Crippen molar-refractivity contribution >= 4 is 59.6 Å². The summed E-state index contributed by atoms with van der Waals surface area (Å²) >= 11 is 11.6. The summed E-state index contributed by atoms with van der Waals surface area (Å²) in [4.78, 5) is 23.7. The van der Waals surface area contributed by atoms with Crippen molar-refractivity contribution in [3.63, 3.8) is 0 Å². The third kappa shape index (κ3) is 3.70. The Kier molecular flexibility index (Phi) is 5.28. The molecular weight excluding hydrogens is 348 g/mol. The van der Waals surface area contributed by atoms with Gasteiger partial charge in [0.25, 0.3) is 0 Å². The summed E-state index contributed by atoms with van der Waals surface area (Å²) in [7, 11) is 0. The van der Waals surface area contributed by atoms with E-state index in [0.717, 1.165) is 15.5 Å². The van der Waals surface area contributed by atoms with Crippen molar-refractivity contribution in [2.75, 3.05) is 15.9 Å². The number of carboxylic acids is 1. The van der Waals surface area contributed by atoms with Crippen molar-refractivity contribution < 1.29 is 19.1 Å². The van der Waals surface area contributed by atoms with Gasteiger partial charge >= 0.3 is 12.0 Å². The molecular formula is C13H11ClN2O4S2. The summed E-state index contributed by atoms with van der Waals surface area (Å²) in [5.41, 5.74) is 0.693. The Hall–Kier alpha value is -1.77. The molecule has 0 aliphatic carbocycles. The number of nitrogens with zero attached hydrogens (tertiary/aromatic N) is 1. The zero-order chi connectivity index (χ0) is 16.3. The number of hydrogen-bond donors (Lipinski definition) is 3. The number of halogens is 1. The molecule has 1 heterocycles. The SMILES string of the molecule is CSc1ccc(NC(=O)N(S)c2coc(C(=O)O)c2)cc1Cl. The molecule has 0 fully saturated rings. The molecule has 0 radical (unpaired) electrons. The van der Waals surface area contributed by atoms with Gasteiger partial charge in [0.15, 0.2) is 0 Å². The van der Waals surface area contributed by atoms with E-state index in [1.807, 2.05) is 6.26 Å². The third-order valence-corrected chi connectivity index (χ3v) is 4.27. The molecule has 2 aromatic rings. The van der Waals surface area contributed by atoms with Crippen molar-refractivity contribution in [3.05, 3.63) is 41.3 Å². The second kappa shape index (κ2) is 6.99. The van der Waals surface area contributed by atoms with Crippen molar-refractivity contribution in [1.82, 2.24) is 0 Å². The molecule has 6 nitrogen and oxygen atoms in total. The molecule has 2 rings (SSSR count). The van der Waals surface area contributed by atoms with Crippen LogP contribution in [0.1, 0.15) is 10.6 Å². The van der Waals surface area contributed by atoms with Gasteiger partial charge in [0.05, 0.1) is 10.7 Å². The van der Waals surface area contributed by atoms with Crippen LogP contribution in [0.5, 0.6) is 0 Å². The first-order valence-electron chi connectivity index (χ1n) is 5.87. The highest BCUT2D eigenvalue weighted by Gasteiger charge is 2.17. The van der Waals surface area contributed by atoms with Gasteiger partial charge in [0.1, 0.15) is 6.26 Å². The number of urea groups is 1. The Morgan fingerprint density at radius 3 is 2.68 bits per heavy atom. The van der Waals surface area contributed by atoms with Crippen molar-refractivity contribution in [2.24, 2.45) is 0 Å². The molecule has 0 saturated carbocycles. The second-order valence-corrected chi connectivity index (χ2v) is 5.72. The summed E-state index contributed by atoms with van der Waals surface area (Å²) in [5, 5.41) is 11.9. The Morgan fingerprint density at radius 1 is 1.41 bits per heavy atom. The monoisotopic (exact) mass is 358 g/mol. The first kappa shape index (κ1) is 16.6. The lowest BCUT2D eigenvalue weighted by atomic mass is 10.3. The Balaban J connectivity index is 2.10. The van der Waals surface area contributed by atoms with E-state index in [0.29, 0.717) is 10.7 Å². The number of thioether (sulfide) groups is 1. The van der Waals surface area contributed by atoms with Gasteiger partial charge in [0.2, 0.25) is 5.76 Å². The summed E-state index contributed by atoms with van der Waals surface area (Å²) in [5.74, 6) is -1.51. The van der Waals surface area contributed by atoms with E-state index < -0.39 is 12.0 Å². The minimum atomic E-state index is -1.23. The fourth-order valence-electron chi connectivity index (χ4n) is 1.59. The molecule has 0 aliphatic heterocycles. The number of carbonyl (C=O) groups is 2. The van der Waals surface area contributed by atoms with Gasteiger partial charge in [-0.05, 0) is 24.5 Å². The average Bonchev–Trinajstić information content (AvgIpc) is 2.96. The standard InChI is InChI=1S/C13H11ClN2O4S2/c1-22-11-3-2-7(4-9(11)14)15-13(19)16(21)8-5-10(12(17)18)20-6-8/h2-6,21H,1H3,(H,15,19)(H,17,18). The molecule has 2 N–H and O–H groups in total. The molecule has 0 atom stereocenters. The van der Waals surface area contributed by atoms with Crippen LogP contribution >= 0.6 is 36.2 Å². The molecule has 0 aliphatic rings. The van der Waals surface area contributed by atoms with Crippen LogP contribution in [0.25, 0.3) is 0 Å². The van der Waals surface area contributed by atoms with Gasteiger partial charge in [-0.1, -0.05) is 24.4 Å². The lowest BCUT2D eigenvalue weighted by Crippen LogP contribution is -2.26. The Morgan fingerprint density at radius 2 is 2.14 bits per heavy atom. The fourth-order valence-corrected chi connectivity index (χ4v) is 2.61. The number of anilines is 2. The first-order chi connectivity index (χ1) is 10.4. The lowest BCUT2D eigenvalue weighted by molar-refractivity contribution is 0.0662. The predicted octanol–water partition coefficient (Wildman–Crippen LogP) is 4.24. The number of hydrogen-bond acceptors (Lipinski definition) is 5. The van der Waals surface area contributed by atoms with Crippen LogP contribution in [-0.2, 0) is 0 Å². The quantitative estimate of drug-likeness (QED) is 0.562. The van der Waals surface area contributed by atoms with E-state index in [-0.39, 0.29) is 11.4 Å². The molecule has 116 valence electrons. The molecule has 1 aromatic carbocycles. The number of amides is 2. The highest BCUT2D eigenvalue weighted by atomic mass is 35.5. The number of rotatable bonds is 4. The van der Waals surface area contributed by atoms with Gasteiger partial charge in [-0.2, -0.15) is 0 Å². The number of carboxylic acid groups (broad SMARTS) is 1. The van der Waals surface area contributed by atoms with E-state index in [4.69, 9.17) is 21.1 Å². The van der Waals surface area contributed by atoms with Gasteiger partial charge < -0.3 is 14.8 Å². The minimum Gasteiger partial charge on any atom is -0.475 e. The van der Waals surface area contributed by atoms with Crippen LogP contribution in [0.4, 0.5) is 16.2 Å². The van der Waals surface area contributed by atoms with E-state index in [1.165, 1.54) is 17.8 Å². The molecule has 0 spiro atoms. The number of carbonyl (C=O) groups excluding carboxylic acids is 1. The third-order valence-electron chi connectivity index (χ3n) is 2.64. The summed E-state index contributed by atoms with van der Waals surface area (Å²) in [6, 6.07) is 5.72. The van der Waals surface area contributed by atoms with Crippen molar-refractivity contribution in [2.45, 2.75) is 4.90 Å². The Labute approximate surface area is 141 Å². The van der Waals surface area contributed by atoms with Crippen molar-refractivity contribution in [3.8, 4) is 0 Å². The van der Waals surface area contributed by atoms with E-state index in [9.17, 15) is 9.59 Å². The number of nitrogens with one attached hydrogen (secondary N) is 1. The number of benzene rings is 1. The number of furan rings is 1. The maximum atomic E-state index is 12.1. The van der Waals surface area contributed by atoms with Crippen LogP contribution in [-0.4, -0.2) is 23.4 Å². The van der Waals surface area contributed by atoms with Gasteiger partial charge in [-0.25, -0.2) is 13.9 Å². The topological polar surface area (TPSA) is 82.8 Å². The average molecular weight is 359 g/mol. The smallest absolute Gasteiger partial charge is 0.371 e.